The maximum absolute atomic E-state index is 12.1. The first-order valence-corrected chi connectivity index (χ1v) is 5.97. The van der Waals surface area contributed by atoms with E-state index in [2.05, 4.69) is 10.3 Å². The number of nitrogens with two attached hydrogens (primary N) is 1. The Kier molecular flexibility index (Phi) is 2.96. The lowest BCUT2D eigenvalue weighted by Gasteiger charge is -2.24. The van der Waals surface area contributed by atoms with Gasteiger partial charge in [0.25, 0.3) is 0 Å². The average molecular weight is 241 g/mol. The van der Waals surface area contributed by atoms with Crippen molar-refractivity contribution < 1.29 is 9.53 Å². The quantitative estimate of drug-likeness (QED) is 0.801. The first-order valence-electron chi connectivity index (χ1n) is 5.09. The molecule has 1 aliphatic heterocycles. The molecular formula is C10H15N3O2S. The summed E-state index contributed by atoms with van der Waals surface area (Å²) in [6.07, 6.45) is 0. The zero-order chi connectivity index (χ0) is 11.8. The first-order chi connectivity index (χ1) is 7.52. The van der Waals surface area contributed by atoms with Crippen LogP contribution in [0.3, 0.4) is 0 Å². The van der Waals surface area contributed by atoms with Gasteiger partial charge in [-0.15, -0.1) is 11.3 Å². The van der Waals surface area contributed by atoms with Gasteiger partial charge in [0.15, 0.2) is 5.13 Å². The molecule has 0 radical (unpaired) electrons. The topological polar surface area (TPSA) is 77.2 Å². The molecule has 1 saturated heterocycles. The van der Waals surface area contributed by atoms with Crippen LogP contribution in [0.2, 0.25) is 0 Å². The number of thiazole rings is 1. The third kappa shape index (κ3) is 1.95. The monoisotopic (exact) mass is 241 g/mol. The number of anilines is 1. The van der Waals surface area contributed by atoms with Gasteiger partial charge in [-0.3, -0.25) is 4.79 Å². The Hall–Kier alpha value is -0.980. The molecule has 1 aromatic rings. The molecule has 2 atom stereocenters. The van der Waals surface area contributed by atoms with Crippen molar-refractivity contribution in [3.63, 3.8) is 0 Å². The van der Waals surface area contributed by atoms with Crippen molar-refractivity contribution in [2.75, 3.05) is 18.5 Å². The van der Waals surface area contributed by atoms with Crippen molar-refractivity contribution in [2.24, 2.45) is 11.1 Å². The summed E-state index contributed by atoms with van der Waals surface area (Å²) in [6, 6.07) is -0.256. The fourth-order valence-corrected chi connectivity index (χ4v) is 2.26. The summed E-state index contributed by atoms with van der Waals surface area (Å²) in [6.45, 7) is 4.50. The minimum absolute atomic E-state index is 0.119. The van der Waals surface area contributed by atoms with Crippen LogP contribution in [-0.4, -0.2) is 30.1 Å². The van der Waals surface area contributed by atoms with Gasteiger partial charge >= 0.3 is 0 Å². The van der Waals surface area contributed by atoms with Crippen LogP contribution in [-0.2, 0) is 9.53 Å². The Bertz CT molecular complexity index is 407. The second-order valence-corrected chi connectivity index (χ2v) is 5.15. The van der Waals surface area contributed by atoms with E-state index in [1.54, 1.807) is 0 Å². The third-order valence-electron chi connectivity index (χ3n) is 2.88. The summed E-state index contributed by atoms with van der Waals surface area (Å²) < 4.78 is 5.23. The Balaban J connectivity index is 2.08. The highest BCUT2D eigenvalue weighted by molar-refractivity contribution is 7.13. The number of hydrogen-bond donors (Lipinski definition) is 2. The van der Waals surface area contributed by atoms with Crippen LogP contribution in [0.4, 0.5) is 5.13 Å². The molecule has 1 fully saturated rings. The highest BCUT2D eigenvalue weighted by Crippen LogP contribution is 2.29. The molecular weight excluding hydrogens is 226 g/mol. The first kappa shape index (κ1) is 11.5. The smallest absolute Gasteiger partial charge is 0.236 e. The van der Waals surface area contributed by atoms with Gasteiger partial charge in [-0.05, 0) is 13.8 Å². The number of ether oxygens (including phenoxy) is 1. The lowest BCUT2D eigenvalue weighted by Crippen LogP contribution is -2.47. The Morgan fingerprint density at radius 3 is 3.06 bits per heavy atom. The van der Waals surface area contributed by atoms with E-state index in [4.69, 9.17) is 10.5 Å². The van der Waals surface area contributed by atoms with Gasteiger partial charge in [0.2, 0.25) is 5.91 Å². The van der Waals surface area contributed by atoms with Gasteiger partial charge in [-0.25, -0.2) is 4.98 Å². The SMILES string of the molecule is Cc1csc(NC(=O)C2(C)COCC2N)n1. The van der Waals surface area contributed by atoms with E-state index >= 15 is 0 Å². The van der Waals surface area contributed by atoms with Crippen LogP contribution >= 0.6 is 11.3 Å². The number of hydrogen-bond acceptors (Lipinski definition) is 5. The van der Waals surface area contributed by atoms with Gasteiger partial charge in [0, 0.05) is 11.4 Å². The van der Waals surface area contributed by atoms with Crippen molar-refractivity contribution in [1.29, 1.82) is 0 Å². The fraction of sp³-hybridized carbons (Fsp3) is 0.600. The average Bonchev–Trinajstić information content (AvgIpc) is 2.76. The molecule has 0 spiro atoms. The minimum Gasteiger partial charge on any atom is -0.379 e. The molecule has 1 amide bonds. The third-order valence-corrected chi connectivity index (χ3v) is 3.75. The summed E-state index contributed by atoms with van der Waals surface area (Å²) in [4.78, 5) is 16.2. The molecule has 3 N–H and O–H groups in total. The van der Waals surface area contributed by atoms with E-state index in [0.717, 1.165) is 5.69 Å². The number of amides is 1. The maximum atomic E-state index is 12.1. The standard InChI is InChI=1S/C10H15N3O2S/c1-6-4-16-9(12-6)13-8(14)10(2)5-15-3-7(10)11/h4,7H,3,5,11H2,1-2H3,(H,12,13,14). The molecule has 0 aliphatic carbocycles. The Morgan fingerprint density at radius 2 is 2.56 bits per heavy atom. The van der Waals surface area contributed by atoms with E-state index in [0.29, 0.717) is 18.3 Å². The lowest BCUT2D eigenvalue weighted by atomic mass is 9.85. The number of rotatable bonds is 2. The molecule has 2 unspecified atom stereocenters. The molecule has 0 saturated carbocycles. The van der Waals surface area contributed by atoms with Crippen LogP contribution < -0.4 is 11.1 Å². The second kappa shape index (κ2) is 4.12. The van der Waals surface area contributed by atoms with E-state index in [1.807, 2.05) is 19.2 Å². The number of carbonyl (C=O) groups excluding carboxylic acids is 1. The summed E-state index contributed by atoms with van der Waals surface area (Å²) in [5.74, 6) is -0.119. The van der Waals surface area contributed by atoms with Crippen molar-refractivity contribution in [3.8, 4) is 0 Å². The maximum Gasteiger partial charge on any atom is 0.236 e. The number of carbonyl (C=O) groups is 1. The summed E-state index contributed by atoms with van der Waals surface area (Å²) in [5, 5.41) is 5.29. The van der Waals surface area contributed by atoms with E-state index in [-0.39, 0.29) is 11.9 Å². The normalized spacial score (nSPS) is 29.3. The molecule has 5 nitrogen and oxygen atoms in total. The molecule has 0 bridgehead atoms. The van der Waals surface area contributed by atoms with Crippen LogP contribution in [0.5, 0.6) is 0 Å². The molecule has 88 valence electrons. The fourth-order valence-electron chi connectivity index (χ4n) is 1.57. The summed E-state index contributed by atoms with van der Waals surface area (Å²) in [7, 11) is 0. The summed E-state index contributed by atoms with van der Waals surface area (Å²) in [5.41, 5.74) is 6.12. The summed E-state index contributed by atoms with van der Waals surface area (Å²) >= 11 is 1.41. The van der Waals surface area contributed by atoms with E-state index in [9.17, 15) is 4.79 Å². The van der Waals surface area contributed by atoms with Gasteiger partial charge < -0.3 is 15.8 Å². The molecule has 16 heavy (non-hydrogen) atoms. The predicted molar refractivity (Wildman–Crippen MR) is 62.4 cm³/mol. The van der Waals surface area contributed by atoms with Crippen molar-refractivity contribution in [2.45, 2.75) is 19.9 Å². The van der Waals surface area contributed by atoms with Gasteiger partial charge in [0.1, 0.15) is 0 Å². The zero-order valence-electron chi connectivity index (χ0n) is 9.32. The number of nitrogens with one attached hydrogen (secondary N) is 1. The van der Waals surface area contributed by atoms with E-state index < -0.39 is 5.41 Å². The Labute approximate surface area is 98.0 Å². The largest absolute Gasteiger partial charge is 0.379 e. The van der Waals surface area contributed by atoms with Crippen molar-refractivity contribution in [3.05, 3.63) is 11.1 Å². The predicted octanol–water partition coefficient (Wildman–Crippen LogP) is 0.754. The molecule has 0 aromatic carbocycles. The highest BCUT2D eigenvalue weighted by atomic mass is 32.1. The van der Waals surface area contributed by atoms with Gasteiger partial charge in [0.05, 0.1) is 24.3 Å². The second-order valence-electron chi connectivity index (χ2n) is 4.29. The molecule has 1 aliphatic rings. The van der Waals surface area contributed by atoms with Crippen LogP contribution in [0.1, 0.15) is 12.6 Å². The van der Waals surface area contributed by atoms with Crippen LogP contribution in [0.25, 0.3) is 0 Å². The Morgan fingerprint density at radius 1 is 1.81 bits per heavy atom. The van der Waals surface area contributed by atoms with Gasteiger partial charge in [-0.2, -0.15) is 0 Å². The molecule has 2 heterocycles. The zero-order valence-corrected chi connectivity index (χ0v) is 10.1. The van der Waals surface area contributed by atoms with Gasteiger partial charge in [-0.1, -0.05) is 0 Å². The molecule has 2 rings (SSSR count). The molecule has 6 heteroatoms. The lowest BCUT2D eigenvalue weighted by molar-refractivity contribution is -0.125. The van der Waals surface area contributed by atoms with Crippen LogP contribution in [0.15, 0.2) is 5.38 Å². The minimum atomic E-state index is -0.653. The molecule has 1 aromatic heterocycles. The number of aromatic nitrogens is 1. The number of aryl methyl sites for hydroxylation is 1. The van der Waals surface area contributed by atoms with Crippen molar-refractivity contribution in [1.82, 2.24) is 4.98 Å². The van der Waals surface area contributed by atoms with Crippen molar-refractivity contribution >= 4 is 22.4 Å². The highest BCUT2D eigenvalue weighted by Gasteiger charge is 2.44. The number of nitrogens with zero attached hydrogens (tertiary/aromatic N) is 1. The van der Waals surface area contributed by atoms with E-state index in [1.165, 1.54) is 11.3 Å². The van der Waals surface area contributed by atoms with Crippen LogP contribution in [0, 0.1) is 12.3 Å².